The summed E-state index contributed by atoms with van der Waals surface area (Å²) in [5.41, 5.74) is 6.25. The number of amides is 1. The van der Waals surface area contributed by atoms with Crippen LogP contribution >= 0.6 is 12.4 Å². The number of hydrogen-bond acceptors (Lipinski definition) is 4. The number of anilines is 1. The van der Waals surface area contributed by atoms with E-state index in [1.165, 1.54) is 13.1 Å². The summed E-state index contributed by atoms with van der Waals surface area (Å²) in [6.07, 6.45) is 0.197. The molecule has 0 bridgehead atoms. The first-order chi connectivity index (χ1) is 8.42. The highest BCUT2D eigenvalue weighted by molar-refractivity contribution is 7.89. The molecule has 0 saturated carbocycles. The fraction of sp³-hybridized carbons (Fsp3) is 0.364. The number of halogens is 1. The van der Waals surface area contributed by atoms with Crippen molar-refractivity contribution in [2.75, 3.05) is 18.9 Å². The van der Waals surface area contributed by atoms with Crippen molar-refractivity contribution in [3.63, 3.8) is 0 Å². The van der Waals surface area contributed by atoms with E-state index in [1.54, 1.807) is 19.1 Å². The molecule has 0 fully saturated rings. The van der Waals surface area contributed by atoms with Crippen LogP contribution < -0.4 is 15.8 Å². The van der Waals surface area contributed by atoms with E-state index in [1.807, 2.05) is 0 Å². The molecule has 0 unspecified atom stereocenters. The molecule has 0 spiro atoms. The lowest BCUT2D eigenvalue weighted by Crippen LogP contribution is -2.21. The Balaban J connectivity index is 0.00000324. The predicted molar refractivity (Wildman–Crippen MR) is 77.0 cm³/mol. The second-order valence-electron chi connectivity index (χ2n) is 3.72. The van der Waals surface area contributed by atoms with E-state index in [0.29, 0.717) is 11.3 Å². The van der Waals surface area contributed by atoms with Crippen molar-refractivity contribution in [2.45, 2.75) is 18.2 Å². The molecular weight excluding hydrogens is 290 g/mol. The third-order valence-electron chi connectivity index (χ3n) is 2.49. The van der Waals surface area contributed by atoms with Crippen molar-refractivity contribution in [3.05, 3.63) is 23.8 Å². The van der Waals surface area contributed by atoms with Crippen LogP contribution in [0.15, 0.2) is 23.1 Å². The maximum Gasteiger partial charge on any atom is 0.240 e. The molecule has 0 saturated heterocycles. The van der Waals surface area contributed by atoms with Crippen LogP contribution in [0.4, 0.5) is 5.69 Å². The van der Waals surface area contributed by atoms with Crippen LogP contribution in [0.3, 0.4) is 0 Å². The number of benzene rings is 1. The molecule has 0 heterocycles. The van der Waals surface area contributed by atoms with E-state index in [9.17, 15) is 13.2 Å². The fourth-order valence-corrected chi connectivity index (χ4v) is 2.49. The summed E-state index contributed by atoms with van der Waals surface area (Å²) >= 11 is 0. The van der Waals surface area contributed by atoms with Gasteiger partial charge in [-0.05, 0) is 31.7 Å². The number of nitrogens with one attached hydrogen (secondary N) is 2. The van der Waals surface area contributed by atoms with Crippen molar-refractivity contribution >= 4 is 34.0 Å². The van der Waals surface area contributed by atoms with E-state index in [0.717, 1.165) is 0 Å². The number of carbonyl (C=O) groups excluding carboxylic acids is 1. The Morgan fingerprint density at radius 2 is 2.00 bits per heavy atom. The van der Waals surface area contributed by atoms with Crippen LogP contribution in [-0.2, 0) is 14.8 Å². The van der Waals surface area contributed by atoms with Crippen molar-refractivity contribution in [1.29, 1.82) is 0 Å². The van der Waals surface area contributed by atoms with Gasteiger partial charge in [-0.15, -0.1) is 12.4 Å². The average molecular weight is 308 g/mol. The topological polar surface area (TPSA) is 101 Å². The second kappa shape index (κ2) is 7.44. The van der Waals surface area contributed by atoms with Gasteiger partial charge < -0.3 is 11.1 Å². The van der Waals surface area contributed by atoms with E-state index in [-0.39, 0.29) is 36.2 Å². The summed E-state index contributed by atoms with van der Waals surface area (Å²) in [5, 5.41) is 2.64. The Morgan fingerprint density at radius 1 is 1.37 bits per heavy atom. The summed E-state index contributed by atoms with van der Waals surface area (Å²) in [5.74, 6) is -0.236. The van der Waals surface area contributed by atoms with Gasteiger partial charge in [-0.2, -0.15) is 0 Å². The molecule has 0 aromatic heterocycles. The van der Waals surface area contributed by atoms with Gasteiger partial charge in [0.1, 0.15) is 0 Å². The van der Waals surface area contributed by atoms with Crippen LogP contribution in [0.5, 0.6) is 0 Å². The van der Waals surface area contributed by atoms with E-state index in [4.69, 9.17) is 5.73 Å². The van der Waals surface area contributed by atoms with Crippen LogP contribution in [0.2, 0.25) is 0 Å². The maximum atomic E-state index is 11.7. The van der Waals surface area contributed by atoms with Crippen molar-refractivity contribution < 1.29 is 13.2 Å². The predicted octanol–water partition coefficient (Wildman–Crippen LogP) is 0.612. The standard InChI is InChI=1S/C11H17N3O3S.ClH/c1-8-9(14-11(15)6-7-12)4-3-5-10(8)18(16,17)13-2;/h3-5,13H,6-7,12H2,1-2H3,(H,14,15);1H. The molecule has 4 N–H and O–H groups in total. The van der Waals surface area contributed by atoms with Crippen molar-refractivity contribution in [1.82, 2.24) is 4.72 Å². The molecule has 108 valence electrons. The average Bonchev–Trinajstić information content (AvgIpc) is 2.32. The third kappa shape index (κ3) is 4.46. The quantitative estimate of drug-likeness (QED) is 0.742. The highest BCUT2D eigenvalue weighted by atomic mass is 35.5. The number of hydrogen-bond donors (Lipinski definition) is 3. The molecule has 0 atom stereocenters. The first-order valence-corrected chi connectivity index (χ1v) is 6.93. The molecule has 0 radical (unpaired) electrons. The molecular formula is C11H18ClN3O3S. The highest BCUT2D eigenvalue weighted by Gasteiger charge is 2.16. The lowest BCUT2D eigenvalue weighted by atomic mass is 10.2. The summed E-state index contributed by atoms with van der Waals surface area (Å²) in [6, 6.07) is 4.72. The first kappa shape index (κ1) is 17.8. The zero-order chi connectivity index (χ0) is 13.8. The number of rotatable bonds is 5. The third-order valence-corrected chi connectivity index (χ3v) is 4.05. The maximum absolute atomic E-state index is 11.7. The monoisotopic (exact) mass is 307 g/mol. The molecule has 1 aromatic carbocycles. The van der Waals surface area contributed by atoms with Crippen LogP contribution in [0, 0.1) is 6.92 Å². The SMILES string of the molecule is CNS(=O)(=O)c1cccc(NC(=O)CCN)c1C.Cl. The van der Waals surface area contributed by atoms with Gasteiger partial charge in [-0.1, -0.05) is 6.07 Å². The molecule has 1 aromatic rings. The second-order valence-corrected chi connectivity index (χ2v) is 5.58. The van der Waals surface area contributed by atoms with Crippen LogP contribution in [-0.4, -0.2) is 27.9 Å². The van der Waals surface area contributed by atoms with Gasteiger partial charge >= 0.3 is 0 Å². The molecule has 8 heteroatoms. The van der Waals surface area contributed by atoms with Gasteiger partial charge in [-0.3, -0.25) is 4.79 Å². The minimum atomic E-state index is -3.53. The fourth-order valence-electron chi connectivity index (χ4n) is 1.49. The Labute approximate surface area is 119 Å². The molecule has 1 amide bonds. The van der Waals surface area contributed by atoms with Gasteiger partial charge in [0.15, 0.2) is 0 Å². The Kier molecular flexibility index (Phi) is 6.99. The number of carbonyl (C=O) groups is 1. The molecule has 6 nitrogen and oxygen atoms in total. The molecule has 0 aliphatic rings. The summed E-state index contributed by atoms with van der Waals surface area (Å²) in [4.78, 5) is 11.6. The Hall–Kier alpha value is -1.15. The van der Waals surface area contributed by atoms with Gasteiger partial charge in [-0.25, -0.2) is 13.1 Å². The lowest BCUT2D eigenvalue weighted by Gasteiger charge is -2.12. The van der Waals surface area contributed by atoms with E-state index < -0.39 is 10.0 Å². The van der Waals surface area contributed by atoms with Gasteiger partial charge in [0.25, 0.3) is 0 Å². The number of nitrogens with two attached hydrogens (primary N) is 1. The zero-order valence-corrected chi connectivity index (χ0v) is 12.4. The zero-order valence-electron chi connectivity index (χ0n) is 10.8. The molecule has 1 rings (SSSR count). The van der Waals surface area contributed by atoms with Crippen LogP contribution in [0.1, 0.15) is 12.0 Å². The van der Waals surface area contributed by atoms with Crippen molar-refractivity contribution in [2.24, 2.45) is 5.73 Å². The van der Waals surface area contributed by atoms with E-state index >= 15 is 0 Å². The molecule has 0 aliphatic heterocycles. The Bertz CT molecular complexity index is 546. The minimum Gasteiger partial charge on any atom is -0.330 e. The normalized spacial score (nSPS) is 10.7. The largest absolute Gasteiger partial charge is 0.330 e. The number of sulfonamides is 1. The lowest BCUT2D eigenvalue weighted by molar-refractivity contribution is -0.116. The molecule has 0 aliphatic carbocycles. The van der Waals surface area contributed by atoms with Gasteiger partial charge in [0.2, 0.25) is 15.9 Å². The Morgan fingerprint density at radius 3 is 2.53 bits per heavy atom. The summed E-state index contributed by atoms with van der Waals surface area (Å²) < 4.78 is 25.7. The highest BCUT2D eigenvalue weighted by Crippen LogP contribution is 2.22. The summed E-state index contributed by atoms with van der Waals surface area (Å²) in [6.45, 7) is 1.89. The summed E-state index contributed by atoms with van der Waals surface area (Å²) in [7, 11) is -2.18. The van der Waals surface area contributed by atoms with Gasteiger partial charge in [0, 0.05) is 18.7 Å². The van der Waals surface area contributed by atoms with Crippen molar-refractivity contribution in [3.8, 4) is 0 Å². The molecule has 19 heavy (non-hydrogen) atoms. The van der Waals surface area contributed by atoms with Gasteiger partial charge in [0.05, 0.1) is 4.90 Å². The smallest absolute Gasteiger partial charge is 0.240 e. The van der Waals surface area contributed by atoms with Crippen LogP contribution in [0.25, 0.3) is 0 Å². The van der Waals surface area contributed by atoms with E-state index in [2.05, 4.69) is 10.0 Å². The minimum absolute atomic E-state index is 0. The first-order valence-electron chi connectivity index (χ1n) is 5.45.